The highest BCUT2D eigenvalue weighted by atomic mass is 16.7. The lowest BCUT2D eigenvalue weighted by atomic mass is 9.37. The van der Waals surface area contributed by atoms with Gasteiger partial charge in [-0.2, -0.15) is 0 Å². The number of epoxide rings is 1. The molecule has 48 heavy (non-hydrogen) atoms. The van der Waals surface area contributed by atoms with Gasteiger partial charge in [0, 0.05) is 40.6 Å². The summed E-state index contributed by atoms with van der Waals surface area (Å²) in [6.45, 7) is 5.79. The first kappa shape index (κ1) is 32.6. The molecule has 1 spiro atoms. The van der Waals surface area contributed by atoms with Crippen molar-refractivity contribution in [1.29, 1.82) is 0 Å². The molecular weight excluding hydrogens is 636 g/mol. The molecular formula is C33H42O15. The van der Waals surface area contributed by atoms with Gasteiger partial charge >= 0.3 is 17.9 Å². The Kier molecular flexibility index (Phi) is 6.50. The number of carbonyl (C=O) groups excluding carboxylic acids is 3. The van der Waals surface area contributed by atoms with Crippen molar-refractivity contribution in [2.75, 3.05) is 27.4 Å². The van der Waals surface area contributed by atoms with Crippen LogP contribution in [0.5, 0.6) is 0 Å². The number of hydrogen-bond donors (Lipinski definition) is 4. The Hall–Kier alpha value is -2.63. The topological polar surface area (TPSA) is 209 Å². The summed E-state index contributed by atoms with van der Waals surface area (Å²) < 4.78 is 47.7. The largest absolute Gasteiger partial charge is 0.469 e. The highest BCUT2D eigenvalue weighted by molar-refractivity contribution is 5.88. The van der Waals surface area contributed by atoms with Gasteiger partial charge < -0.3 is 58.3 Å². The lowest BCUT2D eigenvalue weighted by Crippen LogP contribution is -2.79. The van der Waals surface area contributed by atoms with Crippen LogP contribution in [0.15, 0.2) is 24.0 Å². The Morgan fingerprint density at radius 1 is 1.02 bits per heavy atom. The van der Waals surface area contributed by atoms with Crippen molar-refractivity contribution in [3.8, 4) is 0 Å². The molecule has 4 saturated heterocycles. The fraction of sp³-hybridized carbons (Fsp3) is 0.788. The molecule has 16 atom stereocenters. The molecule has 8 aliphatic rings. The van der Waals surface area contributed by atoms with Crippen LogP contribution in [0, 0.1) is 34.0 Å². The SMILES string of the molecule is C/C=C(\C)C(=O)OC1CC(O)C2(C(=O)OC)COC3C2C12COC(O)(C(=O)OC)C2C(C)(C12OC1(C)C1CC2OC2OC=CC21O)C3O. The van der Waals surface area contributed by atoms with Crippen LogP contribution >= 0.6 is 0 Å². The second kappa shape index (κ2) is 9.57. The van der Waals surface area contributed by atoms with Gasteiger partial charge in [0.25, 0.3) is 5.79 Å². The normalized spacial score (nSPS) is 56.7. The van der Waals surface area contributed by atoms with E-state index in [1.165, 1.54) is 19.4 Å². The average Bonchev–Trinajstić information content (AvgIpc) is 3.44. The number of carbonyl (C=O) groups is 3. The van der Waals surface area contributed by atoms with E-state index in [0.29, 0.717) is 0 Å². The summed E-state index contributed by atoms with van der Waals surface area (Å²) in [5, 5.41) is 48.9. The Morgan fingerprint density at radius 2 is 1.73 bits per heavy atom. The lowest BCUT2D eigenvalue weighted by molar-refractivity contribution is -0.314. The predicted molar refractivity (Wildman–Crippen MR) is 155 cm³/mol. The maximum atomic E-state index is 13.8. The molecule has 16 unspecified atom stereocenters. The van der Waals surface area contributed by atoms with Gasteiger partial charge in [-0.25, -0.2) is 9.59 Å². The Labute approximate surface area is 276 Å². The first-order valence-electron chi connectivity index (χ1n) is 16.3. The van der Waals surface area contributed by atoms with E-state index in [2.05, 4.69) is 0 Å². The van der Waals surface area contributed by atoms with Crippen LogP contribution in [-0.2, 0) is 52.3 Å². The quantitative estimate of drug-likeness (QED) is 0.122. The van der Waals surface area contributed by atoms with Gasteiger partial charge in [-0.05, 0) is 33.3 Å². The second-order valence-corrected chi connectivity index (χ2v) is 15.2. The molecule has 0 aromatic rings. The van der Waals surface area contributed by atoms with Crippen molar-refractivity contribution >= 4 is 17.9 Å². The molecule has 7 fully saturated rings. The van der Waals surface area contributed by atoms with Crippen molar-refractivity contribution in [2.45, 2.75) is 99.9 Å². The number of aliphatic hydroxyl groups excluding tert-OH is 2. The molecule has 0 aromatic carbocycles. The van der Waals surface area contributed by atoms with Crippen molar-refractivity contribution in [3.63, 3.8) is 0 Å². The number of aliphatic hydroxyl groups is 4. The summed E-state index contributed by atoms with van der Waals surface area (Å²) in [5.41, 5.74) is -9.28. The number of fused-ring (bicyclic) bond motifs is 7. The zero-order chi connectivity index (χ0) is 34.6. The van der Waals surface area contributed by atoms with Crippen molar-refractivity contribution in [2.24, 2.45) is 34.0 Å². The zero-order valence-electron chi connectivity index (χ0n) is 27.5. The number of allylic oxidation sites excluding steroid dienone is 1. The second-order valence-electron chi connectivity index (χ2n) is 15.2. The van der Waals surface area contributed by atoms with Crippen molar-refractivity contribution in [1.82, 2.24) is 0 Å². The predicted octanol–water partition coefficient (Wildman–Crippen LogP) is -0.774. The molecule has 5 aliphatic heterocycles. The van der Waals surface area contributed by atoms with Crippen LogP contribution in [0.4, 0.5) is 0 Å². The molecule has 15 nitrogen and oxygen atoms in total. The Morgan fingerprint density at radius 3 is 2.40 bits per heavy atom. The van der Waals surface area contributed by atoms with E-state index in [4.69, 9.17) is 37.9 Å². The molecule has 0 radical (unpaired) electrons. The van der Waals surface area contributed by atoms with Crippen LogP contribution in [0.25, 0.3) is 0 Å². The van der Waals surface area contributed by atoms with Gasteiger partial charge in [-0.3, -0.25) is 4.79 Å². The summed E-state index contributed by atoms with van der Waals surface area (Å²) in [4.78, 5) is 41.1. The maximum Gasteiger partial charge on any atom is 0.366 e. The van der Waals surface area contributed by atoms with Crippen LogP contribution in [0.1, 0.15) is 40.5 Å². The van der Waals surface area contributed by atoms with Crippen LogP contribution in [-0.4, -0.2) is 125 Å². The Bertz CT molecular complexity index is 1550. The maximum absolute atomic E-state index is 13.8. The number of hydrogen-bond acceptors (Lipinski definition) is 15. The van der Waals surface area contributed by atoms with Crippen LogP contribution < -0.4 is 0 Å². The zero-order valence-corrected chi connectivity index (χ0v) is 27.5. The van der Waals surface area contributed by atoms with E-state index in [-0.39, 0.29) is 25.0 Å². The van der Waals surface area contributed by atoms with E-state index in [9.17, 15) is 34.8 Å². The van der Waals surface area contributed by atoms with Gasteiger partial charge in [0.1, 0.15) is 22.7 Å². The van der Waals surface area contributed by atoms with E-state index >= 15 is 0 Å². The molecule has 264 valence electrons. The number of methoxy groups -OCH3 is 2. The number of rotatable bonds is 5. The molecule has 4 N–H and O–H groups in total. The summed E-state index contributed by atoms with van der Waals surface area (Å²) in [5.74, 6) is -8.86. The van der Waals surface area contributed by atoms with Gasteiger partial charge in [0.2, 0.25) is 6.29 Å². The molecule has 0 aromatic heterocycles. The molecule has 3 aliphatic carbocycles. The third-order valence-corrected chi connectivity index (χ3v) is 13.9. The summed E-state index contributed by atoms with van der Waals surface area (Å²) in [7, 11) is 2.24. The molecule has 2 bridgehead atoms. The fourth-order valence-electron chi connectivity index (χ4n) is 11.8. The fourth-order valence-corrected chi connectivity index (χ4v) is 11.8. The molecule has 3 saturated carbocycles. The molecule has 15 heteroatoms. The van der Waals surface area contributed by atoms with E-state index < -0.39 is 118 Å². The molecule has 5 heterocycles. The monoisotopic (exact) mass is 678 g/mol. The first-order valence-corrected chi connectivity index (χ1v) is 16.3. The smallest absolute Gasteiger partial charge is 0.366 e. The molecule has 0 amide bonds. The Balaban J connectivity index is 1.39. The molecule has 8 rings (SSSR count). The van der Waals surface area contributed by atoms with E-state index in [0.717, 1.165) is 7.11 Å². The summed E-state index contributed by atoms with van der Waals surface area (Å²) in [6, 6.07) is 0. The third-order valence-electron chi connectivity index (χ3n) is 13.9. The van der Waals surface area contributed by atoms with Crippen LogP contribution in [0.3, 0.4) is 0 Å². The third kappa shape index (κ3) is 3.14. The van der Waals surface area contributed by atoms with Gasteiger partial charge in [-0.1, -0.05) is 13.0 Å². The highest BCUT2D eigenvalue weighted by Crippen LogP contribution is 2.82. The minimum Gasteiger partial charge on any atom is -0.469 e. The lowest BCUT2D eigenvalue weighted by Gasteiger charge is -2.65. The average molecular weight is 679 g/mol. The standard InChI is InChI=1S/C33H42O15/c1-7-14(2)22(36)46-17-11-16(34)29(24(37)41-5)12-44-19-20(29)30(17)13-45-32(40,25(38)42-6)23(30)27(3,21(19)35)33-18-10-15(28(33,4)48-33)31(39)8-9-43-26(31)47-18/h7-9,15-21,23,26,34-35,39-40H,10-13H2,1-6H3/b14-7+. The van der Waals surface area contributed by atoms with Gasteiger partial charge in [0.15, 0.2) is 5.60 Å². The highest BCUT2D eigenvalue weighted by Gasteiger charge is 2.97. The van der Waals surface area contributed by atoms with Crippen LogP contribution in [0.2, 0.25) is 0 Å². The minimum atomic E-state index is -2.79. The number of esters is 3. The van der Waals surface area contributed by atoms with Gasteiger partial charge in [0.05, 0.1) is 58.1 Å². The summed E-state index contributed by atoms with van der Waals surface area (Å²) >= 11 is 0. The first-order chi connectivity index (χ1) is 22.6. The summed E-state index contributed by atoms with van der Waals surface area (Å²) in [6.07, 6.45) is -3.14. The van der Waals surface area contributed by atoms with E-state index in [1.807, 2.05) is 0 Å². The minimum absolute atomic E-state index is 0.254. The number of ether oxygens (including phenoxy) is 8. The van der Waals surface area contributed by atoms with Crippen molar-refractivity contribution < 1.29 is 72.7 Å². The van der Waals surface area contributed by atoms with Gasteiger partial charge in [-0.15, -0.1) is 0 Å². The van der Waals surface area contributed by atoms with E-state index in [1.54, 1.807) is 33.8 Å². The van der Waals surface area contributed by atoms with Crippen molar-refractivity contribution in [3.05, 3.63) is 24.0 Å².